The Hall–Kier alpha value is -2.65. The van der Waals surface area contributed by atoms with Crippen LogP contribution < -0.4 is 21.1 Å². The Balaban J connectivity index is 1.82. The summed E-state index contributed by atoms with van der Waals surface area (Å²) in [6, 6.07) is 9.75. The monoisotopic (exact) mass is 377 g/mol. The molecule has 8 nitrogen and oxygen atoms in total. The first kappa shape index (κ1) is 19.7. The zero-order valence-electron chi connectivity index (χ0n) is 14.7. The van der Waals surface area contributed by atoms with Gasteiger partial charge in [-0.3, -0.25) is 5.32 Å². The van der Waals surface area contributed by atoms with Crippen molar-refractivity contribution in [2.45, 2.75) is 31.2 Å². The summed E-state index contributed by atoms with van der Waals surface area (Å²) < 4.78 is 22.4. The second-order valence-corrected chi connectivity index (χ2v) is 7.61. The number of anilines is 2. The number of aromatic nitrogens is 1. The number of primary sulfonamides is 1. The number of carbonyl (C=O) groups is 1. The lowest BCUT2D eigenvalue weighted by Gasteiger charge is -2.10. The Bertz CT molecular complexity index is 834. The van der Waals surface area contributed by atoms with Gasteiger partial charge in [-0.2, -0.15) is 0 Å². The van der Waals surface area contributed by atoms with Crippen molar-refractivity contribution in [1.82, 2.24) is 10.3 Å². The van der Waals surface area contributed by atoms with Crippen LogP contribution in [0.2, 0.25) is 0 Å². The molecule has 1 aromatic carbocycles. The summed E-state index contributed by atoms with van der Waals surface area (Å²) in [6.07, 6.45) is 2.34. The number of sulfonamides is 1. The highest BCUT2D eigenvalue weighted by Crippen LogP contribution is 2.12. The molecule has 140 valence electrons. The quantitative estimate of drug-likeness (QED) is 0.586. The molecule has 0 radical (unpaired) electrons. The van der Waals surface area contributed by atoms with Gasteiger partial charge in [0.05, 0.1) is 16.8 Å². The molecule has 1 heterocycles. The third-order valence-corrected chi connectivity index (χ3v) is 4.35. The highest BCUT2D eigenvalue weighted by atomic mass is 32.2. The molecule has 2 amide bonds. The van der Waals surface area contributed by atoms with E-state index in [4.69, 9.17) is 5.14 Å². The molecule has 0 unspecified atom stereocenters. The van der Waals surface area contributed by atoms with E-state index >= 15 is 0 Å². The molecule has 0 aliphatic heterocycles. The molecular weight excluding hydrogens is 354 g/mol. The summed E-state index contributed by atoms with van der Waals surface area (Å²) in [4.78, 5) is 15.9. The molecule has 0 saturated heterocycles. The van der Waals surface area contributed by atoms with Gasteiger partial charge in [0.2, 0.25) is 10.0 Å². The van der Waals surface area contributed by atoms with Crippen molar-refractivity contribution in [2.24, 2.45) is 5.14 Å². The first-order valence-corrected chi connectivity index (χ1v) is 9.68. The topological polar surface area (TPSA) is 126 Å². The van der Waals surface area contributed by atoms with Crippen LogP contribution in [0.3, 0.4) is 0 Å². The van der Waals surface area contributed by atoms with Crippen LogP contribution in [0.15, 0.2) is 47.5 Å². The van der Waals surface area contributed by atoms with E-state index in [-0.39, 0.29) is 17.0 Å². The minimum absolute atomic E-state index is 0.0509. The number of nitrogens with two attached hydrogens (primary N) is 1. The van der Waals surface area contributed by atoms with Crippen molar-refractivity contribution >= 4 is 27.6 Å². The molecule has 0 fully saturated rings. The van der Waals surface area contributed by atoms with Gasteiger partial charge in [-0.05, 0) is 50.1 Å². The number of hydrogen-bond acceptors (Lipinski definition) is 5. The van der Waals surface area contributed by atoms with Gasteiger partial charge in [0.15, 0.2) is 0 Å². The van der Waals surface area contributed by atoms with Crippen molar-refractivity contribution in [2.75, 3.05) is 17.2 Å². The summed E-state index contributed by atoms with van der Waals surface area (Å²) in [5, 5.41) is 13.7. The molecular formula is C17H23N5O3S. The molecule has 1 aromatic heterocycles. The van der Waals surface area contributed by atoms with E-state index < -0.39 is 10.0 Å². The second-order valence-electron chi connectivity index (χ2n) is 6.05. The predicted octanol–water partition coefficient (Wildman–Crippen LogP) is 1.91. The smallest absolute Gasteiger partial charge is 0.320 e. The van der Waals surface area contributed by atoms with Crippen LogP contribution in [0.25, 0.3) is 0 Å². The Labute approximate surface area is 153 Å². The maximum absolute atomic E-state index is 11.6. The zero-order chi connectivity index (χ0) is 19.2. The number of hydrogen-bond donors (Lipinski definition) is 4. The molecule has 2 rings (SSSR count). The number of nitrogens with zero attached hydrogens (tertiary/aromatic N) is 1. The van der Waals surface area contributed by atoms with Gasteiger partial charge in [0, 0.05) is 12.6 Å². The van der Waals surface area contributed by atoms with Gasteiger partial charge in [-0.15, -0.1) is 0 Å². The lowest BCUT2D eigenvalue weighted by molar-refractivity contribution is 0.250. The number of benzene rings is 1. The number of urea groups is 1. The molecule has 2 aromatic rings. The second kappa shape index (κ2) is 8.63. The fourth-order valence-corrected chi connectivity index (χ4v) is 2.70. The number of pyridine rings is 1. The lowest BCUT2D eigenvalue weighted by atomic mass is 10.1. The van der Waals surface area contributed by atoms with E-state index in [2.05, 4.69) is 20.9 Å². The van der Waals surface area contributed by atoms with Crippen molar-refractivity contribution in [3.8, 4) is 0 Å². The van der Waals surface area contributed by atoms with Gasteiger partial charge in [0.25, 0.3) is 0 Å². The van der Waals surface area contributed by atoms with Crippen molar-refractivity contribution in [3.05, 3.63) is 48.2 Å². The average Bonchev–Trinajstić information content (AvgIpc) is 2.55. The van der Waals surface area contributed by atoms with E-state index in [0.717, 1.165) is 11.3 Å². The molecule has 0 aliphatic carbocycles. The van der Waals surface area contributed by atoms with E-state index in [1.165, 1.54) is 12.1 Å². The van der Waals surface area contributed by atoms with E-state index in [1.54, 1.807) is 24.4 Å². The van der Waals surface area contributed by atoms with Gasteiger partial charge in [-0.25, -0.2) is 23.3 Å². The van der Waals surface area contributed by atoms with Crippen LogP contribution in [0.4, 0.5) is 16.3 Å². The molecule has 0 bridgehead atoms. The third-order valence-electron chi connectivity index (χ3n) is 3.42. The van der Waals surface area contributed by atoms with Gasteiger partial charge in [-0.1, -0.05) is 12.1 Å². The van der Waals surface area contributed by atoms with Crippen LogP contribution in [0.1, 0.15) is 19.4 Å². The normalized spacial score (nSPS) is 11.2. The Morgan fingerprint density at radius 3 is 2.38 bits per heavy atom. The largest absolute Gasteiger partial charge is 0.383 e. The summed E-state index contributed by atoms with van der Waals surface area (Å²) in [7, 11) is -3.66. The summed E-state index contributed by atoms with van der Waals surface area (Å²) >= 11 is 0. The fraction of sp³-hybridized carbons (Fsp3) is 0.294. The number of carbonyl (C=O) groups excluding carboxylic acids is 1. The standard InChI is InChI=1S/C17H23N5O3S/c1-12(2)21-17(23)22-16-8-5-14(11-20-16)19-10-9-13-3-6-15(7-4-13)26(18,24)25/h3-8,11-12,19H,9-10H2,1-2H3,(H2,18,24,25)(H2,20,21,22,23). The van der Waals surface area contributed by atoms with Crippen LogP contribution in [0, 0.1) is 0 Å². The fourth-order valence-electron chi connectivity index (χ4n) is 2.18. The number of rotatable bonds is 7. The zero-order valence-corrected chi connectivity index (χ0v) is 15.5. The molecule has 0 aliphatic rings. The maximum Gasteiger partial charge on any atom is 0.320 e. The molecule has 5 N–H and O–H groups in total. The first-order chi connectivity index (χ1) is 12.2. The molecule has 9 heteroatoms. The van der Waals surface area contributed by atoms with Crippen molar-refractivity contribution in [1.29, 1.82) is 0 Å². The first-order valence-electron chi connectivity index (χ1n) is 8.13. The van der Waals surface area contributed by atoms with Gasteiger partial charge >= 0.3 is 6.03 Å². The summed E-state index contributed by atoms with van der Waals surface area (Å²) in [6.45, 7) is 4.40. The van der Waals surface area contributed by atoms with Crippen LogP contribution in [0.5, 0.6) is 0 Å². The minimum Gasteiger partial charge on any atom is -0.383 e. The lowest BCUT2D eigenvalue weighted by Crippen LogP contribution is -2.34. The third kappa shape index (κ3) is 6.34. The predicted molar refractivity (Wildman–Crippen MR) is 102 cm³/mol. The SMILES string of the molecule is CC(C)NC(=O)Nc1ccc(NCCc2ccc(S(N)(=O)=O)cc2)cn1. The molecule has 0 saturated carbocycles. The van der Waals surface area contributed by atoms with Crippen LogP contribution in [-0.4, -0.2) is 32.0 Å². The number of amides is 2. The van der Waals surface area contributed by atoms with E-state index in [1.807, 2.05) is 19.9 Å². The summed E-state index contributed by atoms with van der Waals surface area (Å²) in [5.74, 6) is 0.465. The maximum atomic E-state index is 11.6. The van der Waals surface area contributed by atoms with Gasteiger partial charge < -0.3 is 10.6 Å². The molecule has 0 spiro atoms. The van der Waals surface area contributed by atoms with Crippen LogP contribution in [-0.2, 0) is 16.4 Å². The Morgan fingerprint density at radius 1 is 1.15 bits per heavy atom. The number of nitrogens with one attached hydrogen (secondary N) is 3. The minimum atomic E-state index is -3.66. The van der Waals surface area contributed by atoms with E-state index in [9.17, 15) is 13.2 Å². The average molecular weight is 377 g/mol. The Morgan fingerprint density at radius 2 is 1.85 bits per heavy atom. The molecule has 26 heavy (non-hydrogen) atoms. The highest BCUT2D eigenvalue weighted by molar-refractivity contribution is 7.89. The summed E-state index contributed by atoms with van der Waals surface area (Å²) in [5.41, 5.74) is 1.81. The van der Waals surface area contributed by atoms with E-state index in [0.29, 0.717) is 18.8 Å². The highest BCUT2D eigenvalue weighted by Gasteiger charge is 2.07. The van der Waals surface area contributed by atoms with Crippen molar-refractivity contribution < 1.29 is 13.2 Å². The van der Waals surface area contributed by atoms with Crippen molar-refractivity contribution in [3.63, 3.8) is 0 Å². The van der Waals surface area contributed by atoms with Crippen LogP contribution >= 0.6 is 0 Å². The van der Waals surface area contributed by atoms with Gasteiger partial charge in [0.1, 0.15) is 5.82 Å². The molecule has 0 atom stereocenters. The Kier molecular flexibility index (Phi) is 6.53.